The molecule has 0 saturated carbocycles. The minimum atomic E-state index is -4.17. The highest BCUT2D eigenvalue weighted by molar-refractivity contribution is 9.10. The maximum Gasteiger partial charge on any atom is 0.264 e. The minimum absolute atomic E-state index is 0.0466. The molecule has 0 fully saturated rings. The first kappa shape index (κ1) is 32.3. The number of likely N-dealkylation sites (N-methyl/N-ethyl adjacent to an activating group) is 1. The summed E-state index contributed by atoms with van der Waals surface area (Å²) in [5.41, 5.74) is 2.78. The number of carbonyl (C=O) groups is 2. The van der Waals surface area contributed by atoms with Crippen molar-refractivity contribution in [3.05, 3.63) is 129 Å². The number of anilines is 1. The van der Waals surface area contributed by atoms with Crippen LogP contribution in [-0.4, -0.2) is 44.3 Å². The van der Waals surface area contributed by atoms with Crippen molar-refractivity contribution in [3.63, 3.8) is 0 Å². The molecule has 7 nitrogen and oxygen atoms in total. The molecule has 0 aromatic heterocycles. The smallest absolute Gasteiger partial charge is 0.264 e. The van der Waals surface area contributed by atoms with E-state index in [9.17, 15) is 18.0 Å². The Labute approximate surface area is 266 Å². The van der Waals surface area contributed by atoms with Crippen LogP contribution in [0, 0.1) is 6.92 Å². The molecule has 4 rings (SSSR count). The van der Waals surface area contributed by atoms with E-state index in [1.165, 1.54) is 17.0 Å². The van der Waals surface area contributed by atoms with E-state index < -0.39 is 28.5 Å². The van der Waals surface area contributed by atoms with Gasteiger partial charge in [0.15, 0.2) is 0 Å². The van der Waals surface area contributed by atoms with Crippen LogP contribution in [0.25, 0.3) is 0 Å². The first-order valence-corrected chi connectivity index (χ1v) is 16.4. The molecule has 1 atom stereocenters. The largest absolute Gasteiger partial charge is 0.355 e. The first-order chi connectivity index (χ1) is 20.6. The number of sulfonamides is 1. The summed E-state index contributed by atoms with van der Waals surface area (Å²) in [4.78, 5) is 29.4. The number of halogens is 2. The molecule has 43 heavy (non-hydrogen) atoms. The van der Waals surface area contributed by atoms with Crippen LogP contribution < -0.4 is 9.62 Å². The van der Waals surface area contributed by atoms with Crippen molar-refractivity contribution in [2.45, 2.75) is 37.8 Å². The van der Waals surface area contributed by atoms with Gasteiger partial charge in [0.25, 0.3) is 10.0 Å². The lowest BCUT2D eigenvalue weighted by atomic mass is 10.0. The molecule has 10 heteroatoms. The fourth-order valence-corrected chi connectivity index (χ4v) is 6.68. The maximum absolute atomic E-state index is 14.4. The molecule has 0 aliphatic rings. The van der Waals surface area contributed by atoms with Crippen molar-refractivity contribution in [2.75, 3.05) is 17.4 Å². The number of hydrogen-bond donors (Lipinski definition) is 1. The summed E-state index contributed by atoms with van der Waals surface area (Å²) in [5, 5.41) is 3.34. The van der Waals surface area contributed by atoms with Gasteiger partial charge in [-0.05, 0) is 67.4 Å². The summed E-state index contributed by atoms with van der Waals surface area (Å²) in [7, 11) is -4.17. The molecule has 2 amide bonds. The fraction of sp³-hybridized carbons (Fsp3) is 0.212. The number of rotatable bonds is 12. The van der Waals surface area contributed by atoms with Crippen molar-refractivity contribution in [1.29, 1.82) is 0 Å². The number of nitrogens with zero attached hydrogens (tertiary/aromatic N) is 2. The summed E-state index contributed by atoms with van der Waals surface area (Å²) in [6.45, 7) is 3.57. The first-order valence-electron chi connectivity index (χ1n) is 13.8. The van der Waals surface area contributed by atoms with Gasteiger partial charge in [0.1, 0.15) is 12.6 Å². The van der Waals surface area contributed by atoms with E-state index in [-0.39, 0.29) is 23.8 Å². The number of benzene rings is 4. The van der Waals surface area contributed by atoms with E-state index in [2.05, 4.69) is 21.2 Å². The predicted molar refractivity (Wildman–Crippen MR) is 174 cm³/mol. The molecule has 0 heterocycles. The van der Waals surface area contributed by atoms with Crippen molar-refractivity contribution in [1.82, 2.24) is 10.2 Å². The average molecular weight is 683 g/mol. The Morgan fingerprint density at radius 3 is 2.21 bits per heavy atom. The lowest BCUT2D eigenvalue weighted by Gasteiger charge is -2.34. The Hall–Kier alpha value is -3.66. The minimum Gasteiger partial charge on any atom is -0.355 e. The number of amides is 2. The van der Waals surface area contributed by atoms with Crippen LogP contribution in [-0.2, 0) is 32.6 Å². The fourth-order valence-electron chi connectivity index (χ4n) is 4.68. The van der Waals surface area contributed by atoms with Gasteiger partial charge < -0.3 is 10.2 Å². The second kappa shape index (κ2) is 14.7. The van der Waals surface area contributed by atoms with Gasteiger partial charge in [0.2, 0.25) is 11.8 Å². The third-order valence-electron chi connectivity index (χ3n) is 6.85. The molecule has 4 aromatic carbocycles. The van der Waals surface area contributed by atoms with Crippen LogP contribution in [0.15, 0.2) is 112 Å². The maximum atomic E-state index is 14.4. The van der Waals surface area contributed by atoms with Crippen LogP contribution in [0.4, 0.5) is 5.69 Å². The van der Waals surface area contributed by atoms with Crippen molar-refractivity contribution in [2.24, 2.45) is 0 Å². The molecule has 4 aromatic rings. The standard InChI is InChI=1S/C33H33BrClN3O4S/c1-3-36-33(40)31(20-25-9-5-4-6-10-25)37(22-26-11-7-13-28(35)19-26)32(39)23-38(29-14-8-12-27(34)21-29)43(41,42)30-17-15-24(2)16-18-30/h4-19,21,31H,3,20,22-23H2,1-2H3,(H,36,40). The highest BCUT2D eigenvalue weighted by atomic mass is 79.9. The van der Waals surface area contributed by atoms with Gasteiger partial charge >= 0.3 is 0 Å². The summed E-state index contributed by atoms with van der Waals surface area (Å²) >= 11 is 9.70. The van der Waals surface area contributed by atoms with E-state index >= 15 is 0 Å². The predicted octanol–water partition coefficient (Wildman–Crippen LogP) is 6.38. The topological polar surface area (TPSA) is 86.8 Å². The van der Waals surface area contributed by atoms with Gasteiger partial charge in [-0.25, -0.2) is 8.42 Å². The molecule has 0 radical (unpaired) electrons. The number of nitrogens with one attached hydrogen (secondary N) is 1. The van der Waals surface area contributed by atoms with Gasteiger partial charge in [0.05, 0.1) is 10.6 Å². The average Bonchev–Trinajstić information content (AvgIpc) is 2.98. The zero-order chi connectivity index (χ0) is 31.0. The monoisotopic (exact) mass is 681 g/mol. The quantitative estimate of drug-likeness (QED) is 0.188. The lowest BCUT2D eigenvalue weighted by molar-refractivity contribution is -0.140. The SMILES string of the molecule is CCNC(=O)C(Cc1ccccc1)N(Cc1cccc(Cl)c1)C(=O)CN(c1cccc(Br)c1)S(=O)(=O)c1ccc(C)cc1. The molecular formula is C33H33BrClN3O4S. The Bertz CT molecular complexity index is 1670. The molecule has 1 unspecified atom stereocenters. The zero-order valence-electron chi connectivity index (χ0n) is 23.9. The van der Waals surface area contributed by atoms with Gasteiger partial charge in [-0.15, -0.1) is 0 Å². The normalized spacial score (nSPS) is 11.9. The molecule has 1 N–H and O–H groups in total. The van der Waals surface area contributed by atoms with E-state index in [0.717, 1.165) is 15.4 Å². The Balaban J connectivity index is 1.80. The van der Waals surface area contributed by atoms with E-state index in [0.29, 0.717) is 27.3 Å². The summed E-state index contributed by atoms with van der Waals surface area (Å²) in [6.07, 6.45) is 0.237. The van der Waals surface area contributed by atoms with Gasteiger partial charge in [-0.3, -0.25) is 13.9 Å². The van der Waals surface area contributed by atoms with Crippen LogP contribution >= 0.6 is 27.5 Å². The lowest BCUT2D eigenvalue weighted by Crippen LogP contribution is -2.53. The van der Waals surface area contributed by atoms with Crippen molar-refractivity contribution in [3.8, 4) is 0 Å². The highest BCUT2D eigenvalue weighted by Crippen LogP contribution is 2.27. The molecule has 0 bridgehead atoms. The van der Waals surface area contributed by atoms with Crippen LogP contribution in [0.2, 0.25) is 5.02 Å². The molecule has 224 valence electrons. The molecule has 0 aliphatic heterocycles. The summed E-state index contributed by atoms with van der Waals surface area (Å²) in [6, 6.07) is 28.8. The van der Waals surface area contributed by atoms with Crippen molar-refractivity contribution >= 4 is 55.1 Å². The van der Waals surface area contributed by atoms with Crippen molar-refractivity contribution < 1.29 is 18.0 Å². The van der Waals surface area contributed by atoms with Crippen LogP contribution in [0.5, 0.6) is 0 Å². The van der Waals surface area contributed by atoms with E-state index in [4.69, 9.17) is 11.6 Å². The number of carbonyl (C=O) groups excluding carboxylic acids is 2. The summed E-state index contributed by atoms with van der Waals surface area (Å²) in [5.74, 6) is -0.875. The second-order valence-corrected chi connectivity index (χ2v) is 13.3. The van der Waals surface area contributed by atoms with Gasteiger partial charge in [-0.2, -0.15) is 0 Å². The zero-order valence-corrected chi connectivity index (χ0v) is 27.1. The molecule has 0 saturated heterocycles. The van der Waals surface area contributed by atoms with E-state index in [1.807, 2.05) is 50.2 Å². The van der Waals surface area contributed by atoms with Gasteiger partial charge in [0, 0.05) is 29.0 Å². The van der Waals surface area contributed by atoms with Gasteiger partial charge in [-0.1, -0.05) is 93.8 Å². The second-order valence-electron chi connectivity index (χ2n) is 10.1. The summed E-state index contributed by atoms with van der Waals surface area (Å²) < 4.78 is 29.9. The third-order valence-corrected chi connectivity index (χ3v) is 9.36. The third kappa shape index (κ3) is 8.46. The number of aryl methyl sites for hydroxylation is 1. The van der Waals surface area contributed by atoms with Crippen LogP contribution in [0.1, 0.15) is 23.6 Å². The highest BCUT2D eigenvalue weighted by Gasteiger charge is 2.34. The molecular weight excluding hydrogens is 650 g/mol. The van der Waals surface area contributed by atoms with Crippen LogP contribution in [0.3, 0.4) is 0 Å². The van der Waals surface area contributed by atoms with E-state index in [1.54, 1.807) is 54.6 Å². The molecule has 0 spiro atoms. The Morgan fingerprint density at radius 2 is 1.56 bits per heavy atom. The Morgan fingerprint density at radius 1 is 0.884 bits per heavy atom. The number of hydrogen-bond acceptors (Lipinski definition) is 4. The Kier molecular flexibility index (Phi) is 11.0. The molecule has 0 aliphatic carbocycles.